The van der Waals surface area contributed by atoms with Crippen molar-refractivity contribution in [1.29, 1.82) is 0 Å². The summed E-state index contributed by atoms with van der Waals surface area (Å²) in [6, 6.07) is 19.9. The summed E-state index contributed by atoms with van der Waals surface area (Å²) in [5.41, 5.74) is 16.1. The lowest BCUT2D eigenvalue weighted by Gasteiger charge is -2.08. The third-order valence-electron chi connectivity index (χ3n) is 5.63. The summed E-state index contributed by atoms with van der Waals surface area (Å²) in [6.45, 7) is 3.44. The molecule has 0 saturated carbocycles. The number of nitrogens with two attached hydrogens (primary N) is 2. The molecule has 0 fully saturated rings. The summed E-state index contributed by atoms with van der Waals surface area (Å²) >= 11 is 0. The minimum Gasteiger partial charge on any atom is -0.456 e. The normalized spacial score (nSPS) is 12.6. The highest BCUT2D eigenvalue weighted by Crippen LogP contribution is 2.29. The van der Waals surface area contributed by atoms with Gasteiger partial charge in [-0.1, -0.05) is 48.5 Å². The molecule has 1 heterocycles. The third kappa shape index (κ3) is 8.09. The highest BCUT2D eigenvalue weighted by Gasteiger charge is 2.09. The standard InChI is InChI=1S/C28H38N6O/c1-33(2)19-5-17-31-27(29)23-11-7-21(8-12-23)25-15-16-26(35-25)22-9-13-24(14-10-22)28(30)32-18-6-20-34(3)4/h7-16H,5-6,17-20H2,1-4H3,(H2,29,31)(H2,30,32). The Hall–Kier alpha value is -3.42. The van der Waals surface area contributed by atoms with E-state index in [9.17, 15) is 0 Å². The number of amidine groups is 2. The predicted molar refractivity (Wildman–Crippen MR) is 147 cm³/mol. The van der Waals surface area contributed by atoms with Gasteiger partial charge in [0, 0.05) is 35.3 Å². The van der Waals surface area contributed by atoms with Crippen molar-refractivity contribution in [1.82, 2.24) is 9.80 Å². The van der Waals surface area contributed by atoms with Crippen LogP contribution in [0.1, 0.15) is 24.0 Å². The van der Waals surface area contributed by atoms with Gasteiger partial charge in [0.25, 0.3) is 0 Å². The maximum absolute atomic E-state index is 6.15. The van der Waals surface area contributed by atoms with Crippen LogP contribution in [-0.2, 0) is 0 Å². The lowest BCUT2D eigenvalue weighted by Crippen LogP contribution is -2.16. The number of benzene rings is 2. The summed E-state index contributed by atoms with van der Waals surface area (Å²) in [5.74, 6) is 2.74. The Morgan fingerprint density at radius 3 is 1.34 bits per heavy atom. The topological polar surface area (TPSA) is 96.4 Å². The van der Waals surface area contributed by atoms with Gasteiger partial charge in [0.15, 0.2) is 0 Å². The van der Waals surface area contributed by atoms with Gasteiger partial charge in [-0.3, -0.25) is 9.98 Å². The first kappa shape index (κ1) is 26.2. The molecule has 35 heavy (non-hydrogen) atoms. The number of nitrogens with zero attached hydrogens (tertiary/aromatic N) is 4. The van der Waals surface area contributed by atoms with E-state index in [4.69, 9.17) is 15.9 Å². The number of aliphatic imine (C=N–C) groups is 2. The number of furan rings is 1. The lowest BCUT2D eigenvalue weighted by molar-refractivity contribution is 0.403. The zero-order valence-electron chi connectivity index (χ0n) is 21.4. The fourth-order valence-electron chi connectivity index (χ4n) is 3.61. The first-order valence-corrected chi connectivity index (χ1v) is 12.0. The van der Waals surface area contributed by atoms with E-state index in [1.54, 1.807) is 0 Å². The average molecular weight is 475 g/mol. The summed E-state index contributed by atoms with van der Waals surface area (Å²) < 4.78 is 6.13. The molecule has 7 heteroatoms. The van der Waals surface area contributed by atoms with E-state index in [0.717, 1.165) is 72.8 Å². The molecule has 0 unspecified atom stereocenters. The van der Waals surface area contributed by atoms with Gasteiger partial charge in [0.1, 0.15) is 23.2 Å². The van der Waals surface area contributed by atoms with E-state index in [1.165, 1.54) is 0 Å². The Balaban J connectivity index is 1.61. The van der Waals surface area contributed by atoms with Crippen molar-refractivity contribution in [3.63, 3.8) is 0 Å². The fourth-order valence-corrected chi connectivity index (χ4v) is 3.61. The summed E-state index contributed by atoms with van der Waals surface area (Å²) in [4.78, 5) is 13.3. The summed E-state index contributed by atoms with van der Waals surface area (Å²) in [7, 11) is 8.23. The molecule has 7 nitrogen and oxygen atoms in total. The van der Waals surface area contributed by atoms with Crippen LogP contribution in [0.5, 0.6) is 0 Å². The highest BCUT2D eigenvalue weighted by molar-refractivity contribution is 5.98. The van der Waals surface area contributed by atoms with E-state index >= 15 is 0 Å². The van der Waals surface area contributed by atoms with Crippen molar-refractivity contribution in [2.24, 2.45) is 21.5 Å². The van der Waals surface area contributed by atoms with Crippen molar-refractivity contribution in [2.45, 2.75) is 12.8 Å². The van der Waals surface area contributed by atoms with Crippen LogP contribution in [0.15, 0.2) is 75.1 Å². The number of rotatable bonds is 12. The van der Waals surface area contributed by atoms with Gasteiger partial charge >= 0.3 is 0 Å². The second kappa shape index (κ2) is 12.9. The van der Waals surface area contributed by atoms with Crippen LogP contribution < -0.4 is 11.5 Å². The molecule has 0 atom stereocenters. The zero-order valence-corrected chi connectivity index (χ0v) is 21.4. The molecule has 0 aliphatic heterocycles. The van der Waals surface area contributed by atoms with Gasteiger partial charge in [-0.2, -0.15) is 0 Å². The summed E-state index contributed by atoms with van der Waals surface area (Å²) in [6.07, 6.45) is 1.97. The molecule has 0 saturated heterocycles. The molecular formula is C28H38N6O. The lowest BCUT2D eigenvalue weighted by atomic mass is 10.1. The minimum absolute atomic E-state index is 0.566. The Morgan fingerprint density at radius 1 is 0.629 bits per heavy atom. The molecule has 2 aromatic carbocycles. The Bertz CT molecular complexity index is 1020. The SMILES string of the molecule is CN(C)CCCN=C(N)c1ccc(-c2ccc(-c3ccc(C(N)=NCCCN(C)C)cc3)o2)cc1. The quantitative estimate of drug-likeness (QED) is 0.236. The smallest absolute Gasteiger partial charge is 0.134 e. The first-order valence-electron chi connectivity index (χ1n) is 12.0. The van der Waals surface area contributed by atoms with Crippen LogP contribution in [0, 0.1) is 0 Å². The van der Waals surface area contributed by atoms with Crippen molar-refractivity contribution in [3.05, 3.63) is 71.8 Å². The average Bonchev–Trinajstić information content (AvgIpc) is 3.34. The number of hydrogen-bond acceptors (Lipinski definition) is 5. The van der Waals surface area contributed by atoms with Crippen LogP contribution in [0.4, 0.5) is 0 Å². The van der Waals surface area contributed by atoms with Crippen LogP contribution in [0.25, 0.3) is 22.6 Å². The molecule has 0 spiro atoms. The zero-order chi connectivity index (χ0) is 25.2. The molecule has 0 bridgehead atoms. The Morgan fingerprint density at radius 2 is 1.00 bits per heavy atom. The molecule has 0 aliphatic carbocycles. The second-order valence-electron chi connectivity index (χ2n) is 9.17. The van der Waals surface area contributed by atoms with Gasteiger partial charge < -0.3 is 25.7 Å². The van der Waals surface area contributed by atoms with E-state index in [-0.39, 0.29) is 0 Å². The van der Waals surface area contributed by atoms with Gasteiger partial charge in [0.2, 0.25) is 0 Å². The minimum atomic E-state index is 0.566. The van der Waals surface area contributed by atoms with Crippen LogP contribution in [0.2, 0.25) is 0 Å². The van der Waals surface area contributed by atoms with Gasteiger partial charge in [-0.05, 0) is 66.3 Å². The molecule has 3 rings (SSSR count). The van der Waals surface area contributed by atoms with Crippen LogP contribution in [-0.4, -0.2) is 75.8 Å². The Labute approximate surface area is 209 Å². The molecule has 4 N–H and O–H groups in total. The van der Waals surface area contributed by atoms with Gasteiger partial charge in [0.05, 0.1) is 0 Å². The summed E-state index contributed by atoms with van der Waals surface area (Å²) in [5, 5.41) is 0. The highest BCUT2D eigenvalue weighted by atomic mass is 16.3. The molecule has 0 amide bonds. The van der Waals surface area contributed by atoms with Crippen molar-refractivity contribution in [2.75, 3.05) is 54.4 Å². The maximum Gasteiger partial charge on any atom is 0.134 e. The maximum atomic E-state index is 6.15. The van der Waals surface area contributed by atoms with Crippen molar-refractivity contribution < 1.29 is 4.42 Å². The van der Waals surface area contributed by atoms with Crippen molar-refractivity contribution >= 4 is 11.7 Å². The third-order valence-corrected chi connectivity index (χ3v) is 5.63. The molecule has 186 valence electrons. The Kier molecular flexibility index (Phi) is 9.64. The molecule has 1 aromatic heterocycles. The van der Waals surface area contributed by atoms with E-state index < -0.39 is 0 Å². The molecule has 0 aliphatic rings. The molecule has 3 aromatic rings. The predicted octanol–water partition coefficient (Wildman–Crippen LogP) is 3.93. The largest absolute Gasteiger partial charge is 0.456 e. The second-order valence-corrected chi connectivity index (χ2v) is 9.17. The monoisotopic (exact) mass is 474 g/mol. The molecular weight excluding hydrogens is 436 g/mol. The van der Waals surface area contributed by atoms with Crippen LogP contribution in [0.3, 0.4) is 0 Å². The van der Waals surface area contributed by atoms with Gasteiger partial charge in [-0.15, -0.1) is 0 Å². The van der Waals surface area contributed by atoms with E-state index in [2.05, 4.69) is 48.0 Å². The molecule has 0 radical (unpaired) electrons. The van der Waals surface area contributed by atoms with E-state index in [1.807, 2.05) is 60.7 Å². The fraction of sp³-hybridized carbons (Fsp3) is 0.357. The van der Waals surface area contributed by atoms with E-state index in [0.29, 0.717) is 11.7 Å². The van der Waals surface area contributed by atoms with Crippen molar-refractivity contribution in [3.8, 4) is 22.6 Å². The number of hydrogen-bond donors (Lipinski definition) is 2. The first-order chi connectivity index (χ1) is 16.8. The van der Waals surface area contributed by atoms with Crippen LogP contribution >= 0.6 is 0 Å². The van der Waals surface area contributed by atoms with Gasteiger partial charge in [-0.25, -0.2) is 0 Å².